The number of ketones is 1. The molecule has 1 heteroatoms. The van der Waals surface area contributed by atoms with E-state index in [1.165, 1.54) is 50.5 Å². The minimum Gasteiger partial charge on any atom is -0.295 e. The maximum Gasteiger partial charge on any atom is 0.155 e. The molecule has 3 saturated carbocycles. The third kappa shape index (κ3) is 1.97. The van der Waals surface area contributed by atoms with Gasteiger partial charge in [0, 0.05) is 11.8 Å². The van der Waals surface area contributed by atoms with Gasteiger partial charge in [0.1, 0.15) is 0 Å². The van der Waals surface area contributed by atoms with Crippen LogP contribution < -0.4 is 0 Å². The topological polar surface area (TPSA) is 17.1 Å². The summed E-state index contributed by atoms with van der Waals surface area (Å²) in [6.07, 6.45) is 18.8. The van der Waals surface area contributed by atoms with Crippen molar-refractivity contribution in [2.75, 3.05) is 0 Å². The van der Waals surface area contributed by atoms with Crippen molar-refractivity contribution in [3.63, 3.8) is 0 Å². The molecule has 4 rings (SSSR count). The molecule has 0 aromatic heterocycles. The predicted molar refractivity (Wildman–Crippen MR) is 93.7 cm³/mol. The Labute approximate surface area is 141 Å². The van der Waals surface area contributed by atoms with Crippen LogP contribution in [0.3, 0.4) is 0 Å². The molecule has 1 nitrogen and oxygen atoms in total. The number of fused-ring (bicyclic) bond motifs is 5. The fraction of sp³-hybridized carbons (Fsp3) is 0.773. The number of hydrogen-bond donors (Lipinski definition) is 0. The molecule has 0 aromatic carbocycles. The summed E-state index contributed by atoms with van der Waals surface area (Å²) in [4.78, 5) is 11.8. The van der Waals surface area contributed by atoms with Gasteiger partial charge in [0.15, 0.2) is 5.78 Å². The van der Waals surface area contributed by atoms with E-state index in [0.29, 0.717) is 17.1 Å². The summed E-state index contributed by atoms with van der Waals surface area (Å²) in [5.74, 6) is 6.82. The standard InChI is InChI=1S/C22H30O/c1-4-21(3)12-11-20-19-8-6-15-14-16(23)7-9-17(15)18(19)10-13-22(20,21)5-2/h1,14,17-20H,5-13H2,2-3H3/t17?,18?,19?,20?,21-,22?/m1/s1. The molecule has 23 heavy (non-hydrogen) atoms. The maximum absolute atomic E-state index is 11.8. The summed E-state index contributed by atoms with van der Waals surface area (Å²) in [6.45, 7) is 4.74. The molecule has 0 bridgehead atoms. The fourth-order valence-corrected chi connectivity index (χ4v) is 7.31. The normalized spacial score (nSPS) is 48.7. The molecule has 0 spiro atoms. The van der Waals surface area contributed by atoms with Crippen molar-refractivity contribution in [2.45, 2.75) is 71.6 Å². The van der Waals surface area contributed by atoms with E-state index < -0.39 is 0 Å². The molecule has 124 valence electrons. The van der Waals surface area contributed by atoms with Gasteiger partial charge in [-0.1, -0.05) is 18.4 Å². The van der Waals surface area contributed by atoms with Crippen molar-refractivity contribution in [1.82, 2.24) is 0 Å². The van der Waals surface area contributed by atoms with Gasteiger partial charge >= 0.3 is 0 Å². The van der Waals surface area contributed by atoms with Crippen molar-refractivity contribution in [1.29, 1.82) is 0 Å². The molecule has 0 radical (unpaired) electrons. The molecule has 4 aliphatic rings. The van der Waals surface area contributed by atoms with Crippen molar-refractivity contribution < 1.29 is 4.79 Å². The zero-order valence-electron chi connectivity index (χ0n) is 14.7. The minimum atomic E-state index is 0.107. The van der Waals surface area contributed by atoms with Gasteiger partial charge in [-0.15, -0.1) is 6.42 Å². The molecule has 0 heterocycles. The average Bonchev–Trinajstić information content (AvgIpc) is 2.88. The molecule has 3 fully saturated rings. The summed E-state index contributed by atoms with van der Waals surface area (Å²) in [5, 5.41) is 0. The van der Waals surface area contributed by atoms with Crippen LogP contribution in [0.5, 0.6) is 0 Å². The van der Waals surface area contributed by atoms with E-state index in [-0.39, 0.29) is 5.41 Å². The van der Waals surface area contributed by atoms with Crippen molar-refractivity contribution >= 4 is 5.78 Å². The van der Waals surface area contributed by atoms with Crippen LogP contribution in [-0.4, -0.2) is 5.78 Å². The minimum absolute atomic E-state index is 0.107. The van der Waals surface area contributed by atoms with Gasteiger partial charge in [-0.2, -0.15) is 0 Å². The fourth-order valence-electron chi connectivity index (χ4n) is 7.31. The summed E-state index contributed by atoms with van der Waals surface area (Å²) < 4.78 is 0. The van der Waals surface area contributed by atoms with Crippen LogP contribution in [0, 0.1) is 46.8 Å². The number of carbonyl (C=O) groups is 1. The third-order valence-electron chi connectivity index (χ3n) is 8.51. The highest BCUT2D eigenvalue weighted by Crippen LogP contribution is 2.68. The first-order valence-electron chi connectivity index (χ1n) is 9.76. The van der Waals surface area contributed by atoms with Crippen LogP contribution in [0.2, 0.25) is 0 Å². The van der Waals surface area contributed by atoms with E-state index in [9.17, 15) is 4.79 Å². The number of rotatable bonds is 1. The first-order valence-corrected chi connectivity index (χ1v) is 9.76. The van der Waals surface area contributed by atoms with Crippen molar-refractivity contribution in [3.8, 4) is 12.3 Å². The summed E-state index contributed by atoms with van der Waals surface area (Å²) >= 11 is 0. The van der Waals surface area contributed by atoms with Crippen LogP contribution in [0.1, 0.15) is 71.6 Å². The summed E-state index contributed by atoms with van der Waals surface area (Å²) in [6, 6.07) is 0. The van der Waals surface area contributed by atoms with E-state index in [2.05, 4.69) is 19.8 Å². The lowest BCUT2D eigenvalue weighted by molar-refractivity contribution is -0.116. The van der Waals surface area contributed by atoms with Crippen LogP contribution in [0.25, 0.3) is 0 Å². The summed E-state index contributed by atoms with van der Waals surface area (Å²) in [7, 11) is 0. The molecule has 0 aromatic rings. The van der Waals surface area contributed by atoms with Crippen LogP contribution >= 0.6 is 0 Å². The molecule has 6 atom stereocenters. The molecule has 4 aliphatic carbocycles. The smallest absolute Gasteiger partial charge is 0.155 e. The Morgan fingerprint density at radius 1 is 1.17 bits per heavy atom. The third-order valence-corrected chi connectivity index (χ3v) is 8.51. The van der Waals surface area contributed by atoms with E-state index in [4.69, 9.17) is 6.42 Å². The molecule has 0 aliphatic heterocycles. The highest BCUT2D eigenvalue weighted by atomic mass is 16.1. The molecule has 0 saturated heterocycles. The van der Waals surface area contributed by atoms with Crippen molar-refractivity contribution in [3.05, 3.63) is 11.6 Å². The number of allylic oxidation sites excluding steroid dienone is 1. The Kier molecular flexibility index (Phi) is 3.53. The second-order valence-corrected chi connectivity index (χ2v) is 8.87. The van der Waals surface area contributed by atoms with Gasteiger partial charge in [0.05, 0.1) is 0 Å². The molecule has 0 N–H and O–H groups in total. The van der Waals surface area contributed by atoms with Gasteiger partial charge in [0.25, 0.3) is 0 Å². The zero-order valence-corrected chi connectivity index (χ0v) is 14.7. The second-order valence-electron chi connectivity index (χ2n) is 8.87. The SMILES string of the molecule is C#C[C@]1(C)CCC2C3CCC4=CC(=O)CCC4C3CCC21CC. The number of terminal acetylenes is 1. The monoisotopic (exact) mass is 310 g/mol. The largest absolute Gasteiger partial charge is 0.295 e. The van der Waals surface area contributed by atoms with Gasteiger partial charge < -0.3 is 0 Å². The van der Waals surface area contributed by atoms with Crippen LogP contribution in [0.4, 0.5) is 0 Å². The Bertz CT molecular complexity index is 594. The van der Waals surface area contributed by atoms with Gasteiger partial charge in [-0.3, -0.25) is 4.79 Å². The van der Waals surface area contributed by atoms with Crippen molar-refractivity contribution in [2.24, 2.45) is 34.5 Å². The maximum atomic E-state index is 11.8. The van der Waals surface area contributed by atoms with E-state index >= 15 is 0 Å². The number of hydrogen-bond acceptors (Lipinski definition) is 1. The lowest BCUT2D eigenvalue weighted by atomic mass is 9.48. The Hall–Kier alpha value is -1.03. The summed E-state index contributed by atoms with van der Waals surface area (Å²) in [5.41, 5.74) is 1.98. The van der Waals surface area contributed by atoms with Gasteiger partial charge in [-0.05, 0) is 93.5 Å². The zero-order chi connectivity index (χ0) is 16.2. The highest BCUT2D eigenvalue weighted by molar-refractivity contribution is 5.91. The van der Waals surface area contributed by atoms with Gasteiger partial charge in [0.2, 0.25) is 0 Å². The van der Waals surface area contributed by atoms with E-state index in [1.807, 2.05) is 6.08 Å². The Balaban J connectivity index is 1.67. The van der Waals surface area contributed by atoms with E-state index in [0.717, 1.165) is 30.6 Å². The lowest BCUT2D eigenvalue weighted by Crippen LogP contribution is -2.49. The van der Waals surface area contributed by atoms with Crippen LogP contribution in [-0.2, 0) is 4.79 Å². The second kappa shape index (κ2) is 5.23. The molecular weight excluding hydrogens is 280 g/mol. The first-order chi connectivity index (χ1) is 11.0. The predicted octanol–water partition coefficient (Wildman–Crippen LogP) is 5.16. The van der Waals surface area contributed by atoms with Gasteiger partial charge in [-0.25, -0.2) is 0 Å². The Morgan fingerprint density at radius 3 is 2.74 bits per heavy atom. The lowest BCUT2D eigenvalue weighted by Gasteiger charge is -2.56. The molecule has 0 amide bonds. The number of carbonyl (C=O) groups excluding carboxylic acids is 1. The Morgan fingerprint density at radius 2 is 2.00 bits per heavy atom. The molecule has 5 unspecified atom stereocenters. The van der Waals surface area contributed by atoms with E-state index in [1.54, 1.807) is 0 Å². The first kappa shape index (κ1) is 15.5. The quantitative estimate of drug-likeness (QED) is 0.612. The van der Waals surface area contributed by atoms with Crippen LogP contribution in [0.15, 0.2) is 11.6 Å². The molecular formula is C22H30O. The highest BCUT2D eigenvalue weighted by Gasteiger charge is 2.61. The average molecular weight is 310 g/mol.